The van der Waals surface area contributed by atoms with Gasteiger partial charge in [-0.1, -0.05) is 13.5 Å². The molecule has 0 atom stereocenters. The topological polar surface area (TPSA) is 26.3 Å². The Kier molecular flexibility index (Phi) is 3.94. The van der Waals surface area contributed by atoms with Crippen molar-refractivity contribution in [1.29, 1.82) is 0 Å². The number of ether oxygens (including phenoxy) is 1. The molecule has 0 amide bonds. The van der Waals surface area contributed by atoms with Crippen molar-refractivity contribution in [3.05, 3.63) is 12.7 Å². The molecule has 0 unspecified atom stereocenters. The monoisotopic (exact) mass is 114 g/mol. The highest BCUT2D eigenvalue weighted by molar-refractivity contribution is 5.81. The largest absolute Gasteiger partial charge is 0.463 e. The van der Waals surface area contributed by atoms with Crippen molar-refractivity contribution in [1.82, 2.24) is 0 Å². The number of carbonyl (C=O) groups excluding carboxylic acids is 1. The van der Waals surface area contributed by atoms with E-state index in [4.69, 9.17) is 0 Å². The molecule has 0 aromatic rings. The third-order valence-electron chi connectivity index (χ3n) is 0.615. The molecule has 0 heterocycles. The highest BCUT2D eigenvalue weighted by atomic mass is 16.5. The predicted octanol–water partition coefficient (Wildman–Crippen LogP) is 1.13. The van der Waals surface area contributed by atoms with E-state index in [9.17, 15) is 4.79 Å². The summed E-state index contributed by atoms with van der Waals surface area (Å²) in [7, 11) is 0. The van der Waals surface area contributed by atoms with Gasteiger partial charge in [-0.25, -0.2) is 4.79 Å². The number of hydrogen-bond acceptors (Lipinski definition) is 2. The molecule has 0 aromatic carbocycles. The molecule has 0 saturated carbocycles. The number of esters is 1. The van der Waals surface area contributed by atoms with Crippen LogP contribution in [0.15, 0.2) is 12.7 Å². The van der Waals surface area contributed by atoms with Crippen LogP contribution in [0.5, 0.6) is 0 Å². The van der Waals surface area contributed by atoms with Gasteiger partial charge in [0.05, 0.1) is 6.61 Å². The minimum Gasteiger partial charge on any atom is -0.463 e. The van der Waals surface area contributed by atoms with Gasteiger partial charge in [-0.2, -0.15) is 0 Å². The van der Waals surface area contributed by atoms with Gasteiger partial charge in [0.1, 0.15) is 0 Å². The van der Waals surface area contributed by atoms with E-state index in [1.807, 2.05) is 6.92 Å². The quantitative estimate of drug-likeness (QED) is 0.406. The second-order valence-electron chi connectivity index (χ2n) is 1.37. The van der Waals surface area contributed by atoms with Crippen molar-refractivity contribution >= 4 is 5.97 Å². The second kappa shape index (κ2) is 4.37. The Morgan fingerprint density at radius 2 is 2.50 bits per heavy atom. The molecule has 0 N–H and O–H groups in total. The highest BCUT2D eigenvalue weighted by Crippen LogP contribution is 1.81. The fourth-order valence-corrected chi connectivity index (χ4v) is 0.262. The molecule has 2 heteroatoms. The molecule has 0 radical (unpaired) electrons. The van der Waals surface area contributed by atoms with Crippen LogP contribution < -0.4 is 0 Å². The van der Waals surface area contributed by atoms with Crippen LogP contribution in [-0.2, 0) is 9.53 Å². The van der Waals surface area contributed by atoms with E-state index in [0.717, 1.165) is 12.5 Å². The lowest BCUT2D eigenvalue weighted by molar-refractivity contribution is -0.137. The average molecular weight is 114 g/mol. The van der Waals surface area contributed by atoms with Crippen LogP contribution in [0.3, 0.4) is 0 Å². The first kappa shape index (κ1) is 7.21. The van der Waals surface area contributed by atoms with Gasteiger partial charge >= 0.3 is 5.97 Å². The van der Waals surface area contributed by atoms with Gasteiger partial charge in [-0.05, 0) is 6.42 Å². The SMILES string of the molecule is C=CC(=O)OCCC. The molecular weight excluding hydrogens is 104 g/mol. The third-order valence-corrected chi connectivity index (χ3v) is 0.615. The predicted molar refractivity (Wildman–Crippen MR) is 31.4 cm³/mol. The lowest BCUT2D eigenvalue weighted by Gasteiger charge is -1.94. The smallest absolute Gasteiger partial charge is 0.330 e. The maximum Gasteiger partial charge on any atom is 0.330 e. The number of carbonyl (C=O) groups is 1. The molecule has 0 aromatic heterocycles. The summed E-state index contributed by atoms with van der Waals surface area (Å²) in [4.78, 5) is 10.2. The van der Waals surface area contributed by atoms with E-state index >= 15 is 0 Å². The van der Waals surface area contributed by atoms with E-state index in [2.05, 4.69) is 11.3 Å². The lowest BCUT2D eigenvalue weighted by Crippen LogP contribution is -1.99. The van der Waals surface area contributed by atoms with Gasteiger partial charge in [0.15, 0.2) is 0 Å². The standard InChI is InChI=1S/C6H10O2/c1-3-5-8-6(7)4-2/h4H,2-3,5H2,1H3. The van der Waals surface area contributed by atoms with E-state index in [-0.39, 0.29) is 5.97 Å². The van der Waals surface area contributed by atoms with Crippen molar-refractivity contribution < 1.29 is 9.53 Å². The zero-order chi connectivity index (χ0) is 6.41. The molecule has 46 valence electrons. The van der Waals surface area contributed by atoms with Crippen LogP contribution in [-0.4, -0.2) is 12.6 Å². The van der Waals surface area contributed by atoms with Crippen LogP contribution in [0.25, 0.3) is 0 Å². The Morgan fingerprint density at radius 3 is 2.88 bits per heavy atom. The van der Waals surface area contributed by atoms with Gasteiger partial charge in [0.2, 0.25) is 0 Å². The Morgan fingerprint density at radius 1 is 1.88 bits per heavy atom. The molecule has 8 heavy (non-hydrogen) atoms. The van der Waals surface area contributed by atoms with Crippen molar-refractivity contribution in [2.24, 2.45) is 0 Å². The van der Waals surface area contributed by atoms with Gasteiger partial charge in [-0.15, -0.1) is 0 Å². The second-order valence-corrected chi connectivity index (χ2v) is 1.37. The summed E-state index contributed by atoms with van der Waals surface area (Å²) in [5, 5.41) is 0. The van der Waals surface area contributed by atoms with Gasteiger partial charge in [0.25, 0.3) is 0 Å². The van der Waals surface area contributed by atoms with Gasteiger partial charge in [-0.3, -0.25) is 0 Å². The first-order valence-electron chi connectivity index (χ1n) is 2.60. The molecule has 0 rings (SSSR count). The molecule has 0 aliphatic rings. The molecule has 0 spiro atoms. The maximum absolute atomic E-state index is 10.2. The summed E-state index contributed by atoms with van der Waals surface area (Å²) in [6.45, 7) is 5.67. The summed E-state index contributed by atoms with van der Waals surface area (Å²) in [5.41, 5.74) is 0. The lowest BCUT2D eigenvalue weighted by atomic mass is 10.5. The molecule has 0 fully saturated rings. The minimum absolute atomic E-state index is 0.341. The average Bonchev–Trinajstić information content (AvgIpc) is 1.83. The minimum atomic E-state index is -0.341. The first-order chi connectivity index (χ1) is 3.81. The third kappa shape index (κ3) is 3.40. The Labute approximate surface area is 49.1 Å². The molecule has 0 aliphatic heterocycles. The molecule has 2 nitrogen and oxygen atoms in total. The van der Waals surface area contributed by atoms with E-state index in [0.29, 0.717) is 6.61 Å². The zero-order valence-corrected chi connectivity index (χ0v) is 5.02. The Bertz CT molecular complexity index is 86.5. The van der Waals surface area contributed by atoms with Gasteiger partial charge < -0.3 is 4.74 Å². The van der Waals surface area contributed by atoms with Crippen molar-refractivity contribution in [3.8, 4) is 0 Å². The van der Waals surface area contributed by atoms with Crippen LogP contribution in [0.1, 0.15) is 13.3 Å². The van der Waals surface area contributed by atoms with Crippen molar-refractivity contribution in [2.75, 3.05) is 6.61 Å². The maximum atomic E-state index is 10.2. The van der Waals surface area contributed by atoms with Crippen LogP contribution in [0, 0.1) is 0 Å². The molecule has 0 saturated heterocycles. The fourth-order valence-electron chi connectivity index (χ4n) is 0.262. The normalized spacial score (nSPS) is 8.12. The van der Waals surface area contributed by atoms with Crippen LogP contribution in [0.4, 0.5) is 0 Å². The van der Waals surface area contributed by atoms with Gasteiger partial charge in [0, 0.05) is 6.08 Å². The zero-order valence-electron chi connectivity index (χ0n) is 5.02. The summed E-state index contributed by atoms with van der Waals surface area (Å²) in [6, 6.07) is 0. The van der Waals surface area contributed by atoms with E-state index in [1.54, 1.807) is 0 Å². The van der Waals surface area contributed by atoms with Crippen LogP contribution >= 0.6 is 0 Å². The summed E-state index contributed by atoms with van der Waals surface area (Å²) < 4.78 is 4.58. The van der Waals surface area contributed by atoms with E-state index in [1.165, 1.54) is 0 Å². The van der Waals surface area contributed by atoms with Crippen molar-refractivity contribution in [2.45, 2.75) is 13.3 Å². The van der Waals surface area contributed by atoms with Crippen molar-refractivity contribution in [3.63, 3.8) is 0 Å². The number of hydrogen-bond donors (Lipinski definition) is 0. The first-order valence-corrected chi connectivity index (χ1v) is 2.60. The fraction of sp³-hybridized carbons (Fsp3) is 0.500. The summed E-state index contributed by atoms with van der Waals surface area (Å²) in [5.74, 6) is -0.341. The molecule has 0 bridgehead atoms. The van der Waals surface area contributed by atoms with E-state index < -0.39 is 0 Å². The Hall–Kier alpha value is -0.790. The van der Waals surface area contributed by atoms with Crippen LogP contribution in [0.2, 0.25) is 0 Å². The Balaban J connectivity index is 3.11. The molecule has 0 aliphatic carbocycles. The number of rotatable bonds is 3. The summed E-state index contributed by atoms with van der Waals surface area (Å²) >= 11 is 0. The highest BCUT2D eigenvalue weighted by Gasteiger charge is 1.89. The molecular formula is C6H10O2. The summed E-state index contributed by atoms with van der Waals surface area (Å²) in [6.07, 6.45) is 2.02.